The van der Waals surface area contributed by atoms with Crippen molar-refractivity contribution in [3.8, 4) is 0 Å². The molecule has 0 saturated carbocycles. The van der Waals surface area contributed by atoms with Gasteiger partial charge in [-0.2, -0.15) is 0 Å². The van der Waals surface area contributed by atoms with Crippen LogP contribution in [0.4, 0.5) is 0 Å². The van der Waals surface area contributed by atoms with E-state index in [4.69, 9.17) is 0 Å². The minimum absolute atomic E-state index is 0.441. The third kappa shape index (κ3) is 2.01. The molecule has 0 fully saturated rings. The Morgan fingerprint density at radius 2 is 2.18 bits per heavy atom. The fraction of sp³-hybridized carbons (Fsp3) is 0.357. The number of aromatic nitrogens is 1. The average molecular weight is 244 g/mol. The van der Waals surface area contributed by atoms with E-state index in [1.54, 1.807) is 0 Å². The molecule has 3 heteroatoms. The van der Waals surface area contributed by atoms with Crippen LogP contribution in [0.2, 0.25) is 0 Å². The minimum Gasteiger partial charge on any atom is -0.305 e. The molecule has 1 atom stereocenters. The first kappa shape index (κ1) is 10.9. The van der Waals surface area contributed by atoms with Crippen molar-refractivity contribution in [2.45, 2.75) is 32.9 Å². The molecular weight excluding hydrogens is 228 g/mol. The summed E-state index contributed by atoms with van der Waals surface area (Å²) in [4.78, 5) is 5.96. The van der Waals surface area contributed by atoms with Crippen LogP contribution >= 0.6 is 11.3 Å². The SMILES string of the molecule is Cc1nc(CC2NCc3ccccc32)sc1C. The van der Waals surface area contributed by atoms with Crippen molar-refractivity contribution in [3.05, 3.63) is 51.0 Å². The standard InChI is InChI=1S/C14H16N2S/c1-9-10(2)17-14(16-9)7-13-12-6-4-3-5-11(12)8-15-13/h3-6,13,15H,7-8H2,1-2H3. The first-order valence-electron chi connectivity index (χ1n) is 5.98. The molecule has 0 radical (unpaired) electrons. The Kier molecular flexibility index (Phi) is 2.73. The van der Waals surface area contributed by atoms with Gasteiger partial charge in [-0.15, -0.1) is 11.3 Å². The van der Waals surface area contributed by atoms with E-state index in [-0.39, 0.29) is 0 Å². The quantitative estimate of drug-likeness (QED) is 0.878. The lowest BCUT2D eigenvalue weighted by Gasteiger charge is -2.09. The molecule has 0 amide bonds. The molecule has 0 saturated heterocycles. The third-order valence-corrected chi connectivity index (χ3v) is 4.52. The van der Waals surface area contributed by atoms with E-state index >= 15 is 0 Å². The van der Waals surface area contributed by atoms with Crippen LogP contribution in [-0.2, 0) is 13.0 Å². The van der Waals surface area contributed by atoms with Crippen molar-refractivity contribution in [1.82, 2.24) is 10.3 Å². The second-order valence-electron chi connectivity index (χ2n) is 4.59. The van der Waals surface area contributed by atoms with Gasteiger partial charge in [-0.05, 0) is 25.0 Å². The van der Waals surface area contributed by atoms with Crippen molar-refractivity contribution >= 4 is 11.3 Å². The predicted molar refractivity (Wildman–Crippen MR) is 71.3 cm³/mol. The largest absolute Gasteiger partial charge is 0.305 e. The van der Waals surface area contributed by atoms with Gasteiger partial charge in [0.05, 0.1) is 10.7 Å². The molecule has 17 heavy (non-hydrogen) atoms. The van der Waals surface area contributed by atoms with E-state index < -0.39 is 0 Å². The van der Waals surface area contributed by atoms with E-state index in [1.165, 1.54) is 26.7 Å². The Bertz CT molecular complexity index is 525. The van der Waals surface area contributed by atoms with Crippen LogP contribution in [-0.4, -0.2) is 4.98 Å². The van der Waals surface area contributed by atoms with Gasteiger partial charge in [-0.25, -0.2) is 4.98 Å². The molecule has 1 N–H and O–H groups in total. The summed E-state index contributed by atoms with van der Waals surface area (Å²) in [6.45, 7) is 5.22. The monoisotopic (exact) mass is 244 g/mol. The maximum absolute atomic E-state index is 4.63. The number of hydrogen-bond donors (Lipinski definition) is 1. The normalized spacial score (nSPS) is 18.4. The van der Waals surface area contributed by atoms with Gasteiger partial charge in [0.25, 0.3) is 0 Å². The first-order valence-corrected chi connectivity index (χ1v) is 6.80. The summed E-state index contributed by atoms with van der Waals surface area (Å²) in [6.07, 6.45) is 1.01. The fourth-order valence-electron chi connectivity index (χ4n) is 2.36. The summed E-state index contributed by atoms with van der Waals surface area (Å²) in [5.41, 5.74) is 4.05. The molecule has 1 aliphatic rings. The molecule has 0 bridgehead atoms. The zero-order valence-electron chi connectivity index (χ0n) is 10.2. The van der Waals surface area contributed by atoms with E-state index in [1.807, 2.05) is 11.3 Å². The van der Waals surface area contributed by atoms with Gasteiger partial charge in [0.2, 0.25) is 0 Å². The zero-order chi connectivity index (χ0) is 11.8. The lowest BCUT2D eigenvalue weighted by atomic mass is 10.0. The van der Waals surface area contributed by atoms with Gasteiger partial charge in [-0.1, -0.05) is 24.3 Å². The number of fused-ring (bicyclic) bond motifs is 1. The summed E-state index contributed by atoms with van der Waals surface area (Å²) in [6, 6.07) is 9.11. The predicted octanol–water partition coefficient (Wildman–Crippen LogP) is 3.15. The number of rotatable bonds is 2. The lowest BCUT2D eigenvalue weighted by Crippen LogP contribution is -2.14. The topological polar surface area (TPSA) is 24.9 Å². The highest BCUT2D eigenvalue weighted by molar-refractivity contribution is 7.11. The smallest absolute Gasteiger partial charge is 0.0949 e. The van der Waals surface area contributed by atoms with Crippen molar-refractivity contribution in [1.29, 1.82) is 0 Å². The molecule has 1 aliphatic heterocycles. The number of nitrogens with one attached hydrogen (secondary N) is 1. The molecule has 1 aromatic carbocycles. The second kappa shape index (κ2) is 4.24. The van der Waals surface area contributed by atoms with Crippen LogP contribution in [0.3, 0.4) is 0 Å². The van der Waals surface area contributed by atoms with E-state index in [0.717, 1.165) is 13.0 Å². The van der Waals surface area contributed by atoms with Crippen molar-refractivity contribution in [2.24, 2.45) is 0 Å². The van der Waals surface area contributed by atoms with Gasteiger partial charge in [0, 0.05) is 23.9 Å². The third-order valence-electron chi connectivity index (χ3n) is 3.42. The van der Waals surface area contributed by atoms with Crippen LogP contribution in [0.5, 0.6) is 0 Å². The molecular formula is C14H16N2S. The number of thiazole rings is 1. The summed E-state index contributed by atoms with van der Waals surface area (Å²) in [5, 5.41) is 4.81. The second-order valence-corrected chi connectivity index (χ2v) is 5.87. The van der Waals surface area contributed by atoms with Gasteiger partial charge in [0.15, 0.2) is 0 Å². The Balaban J connectivity index is 1.84. The van der Waals surface area contributed by atoms with E-state index in [2.05, 4.69) is 48.4 Å². The summed E-state index contributed by atoms with van der Waals surface area (Å²) >= 11 is 1.82. The van der Waals surface area contributed by atoms with Gasteiger partial charge < -0.3 is 5.32 Å². The Hall–Kier alpha value is -1.19. The van der Waals surface area contributed by atoms with Crippen molar-refractivity contribution in [3.63, 3.8) is 0 Å². The minimum atomic E-state index is 0.441. The van der Waals surface area contributed by atoms with Gasteiger partial charge >= 0.3 is 0 Å². The highest BCUT2D eigenvalue weighted by Gasteiger charge is 2.22. The van der Waals surface area contributed by atoms with Gasteiger partial charge in [-0.3, -0.25) is 0 Å². The van der Waals surface area contributed by atoms with Crippen LogP contribution in [0.25, 0.3) is 0 Å². The van der Waals surface area contributed by atoms with Gasteiger partial charge in [0.1, 0.15) is 0 Å². The first-order chi connectivity index (χ1) is 8.24. The van der Waals surface area contributed by atoms with Crippen LogP contribution in [0, 0.1) is 13.8 Å². The van der Waals surface area contributed by atoms with Crippen molar-refractivity contribution < 1.29 is 0 Å². The summed E-state index contributed by atoms with van der Waals surface area (Å²) < 4.78 is 0. The maximum atomic E-state index is 4.63. The van der Waals surface area contributed by atoms with Crippen LogP contribution in [0.1, 0.15) is 32.7 Å². The Morgan fingerprint density at radius 1 is 1.35 bits per heavy atom. The molecule has 88 valence electrons. The molecule has 2 nitrogen and oxygen atoms in total. The molecule has 2 heterocycles. The maximum Gasteiger partial charge on any atom is 0.0949 e. The fourth-order valence-corrected chi connectivity index (χ4v) is 3.34. The van der Waals surface area contributed by atoms with E-state index in [0.29, 0.717) is 6.04 Å². The summed E-state index contributed by atoms with van der Waals surface area (Å²) in [5.74, 6) is 0. The highest BCUT2D eigenvalue weighted by atomic mass is 32.1. The molecule has 0 spiro atoms. The number of aryl methyl sites for hydroxylation is 2. The molecule has 1 unspecified atom stereocenters. The van der Waals surface area contributed by atoms with Crippen LogP contribution in [0.15, 0.2) is 24.3 Å². The Labute approximate surface area is 106 Å². The Morgan fingerprint density at radius 3 is 2.94 bits per heavy atom. The van der Waals surface area contributed by atoms with Crippen molar-refractivity contribution in [2.75, 3.05) is 0 Å². The number of nitrogens with zero attached hydrogens (tertiary/aromatic N) is 1. The number of benzene rings is 1. The molecule has 2 aromatic rings. The van der Waals surface area contributed by atoms with E-state index in [9.17, 15) is 0 Å². The molecule has 3 rings (SSSR count). The highest BCUT2D eigenvalue weighted by Crippen LogP contribution is 2.29. The lowest BCUT2D eigenvalue weighted by molar-refractivity contribution is 0.579. The number of hydrogen-bond acceptors (Lipinski definition) is 3. The average Bonchev–Trinajstić information content (AvgIpc) is 2.85. The van der Waals surface area contributed by atoms with Crippen LogP contribution < -0.4 is 5.32 Å². The molecule has 0 aliphatic carbocycles. The summed E-state index contributed by atoms with van der Waals surface area (Å²) in [7, 11) is 0. The molecule has 1 aromatic heterocycles. The zero-order valence-corrected chi connectivity index (χ0v) is 11.0.